The molecular formula is C13H21NO3S. The maximum absolute atomic E-state index is 11.8. The van der Waals surface area contributed by atoms with Crippen LogP contribution < -0.4 is 0 Å². The summed E-state index contributed by atoms with van der Waals surface area (Å²) in [6.07, 6.45) is 3.28. The molecule has 0 aromatic rings. The molecule has 1 aliphatic heterocycles. The second kappa shape index (κ2) is 7.57. The molecule has 0 N–H and O–H groups in total. The molecule has 0 radical (unpaired) electrons. The normalized spacial score (nSPS) is 18.8. The summed E-state index contributed by atoms with van der Waals surface area (Å²) in [5.41, 5.74) is 0. The van der Waals surface area contributed by atoms with E-state index in [4.69, 9.17) is 4.74 Å². The minimum absolute atomic E-state index is 0.445. The number of rotatable bonds is 5. The van der Waals surface area contributed by atoms with Crippen LogP contribution in [0.1, 0.15) is 26.7 Å². The van der Waals surface area contributed by atoms with Gasteiger partial charge in [-0.3, -0.25) is 0 Å². The summed E-state index contributed by atoms with van der Waals surface area (Å²) in [5.74, 6) is 6.07. The minimum atomic E-state index is -3.20. The Morgan fingerprint density at radius 3 is 2.61 bits per heavy atom. The van der Waals surface area contributed by atoms with Gasteiger partial charge in [0.2, 0.25) is 10.0 Å². The van der Waals surface area contributed by atoms with Gasteiger partial charge >= 0.3 is 0 Å². The molecule has 5 heteroatoms. The molecule has 0 amide bonds. The molecule has 1 rings (SSSR count). The fourth-order valence-corrected chi connectivity index (χ4v) is 3.17. The largest absolute Gasteiger partial charge is 0.368 e. The Morgan fingerprint density at radius 2 is 2.06 bits per heavy atom. The van der Waals surface area contributed by atoms with Crippen LogP contribution in [0.15, 0.2) is 11.5 Å². The molecule has 102 valence electrons. The highest BCUT2D eigenvalue weighted by molar-refractivity contribution is 7.92. The van der Waals surface area contributed by atoms with Crippen LogP contribution in [0.3, 0.4) is 0 Å². The number of sulfonamides is 1. The highest BCUT2D eigenvalue weighted by Gasteiger charge is 2.25. The highest BCUT2D eigenvalue weighted by atomic mass is 32.2. The van der Waals surface area contributed by atoms with Crippen LogP contribution in [0.2, 0.25) is 0 Å². The van der Waals surface area contributed by atoms with Gasteiger partial charge in [-0.15, -0.1) is 5.92 Å². The first-order valence-corrected chi connectivity index (χ1v) is 7.70. The molecule has 18 heavy (non-hydrogen) atoms. The molecule has 1 saturated heterocycles. The zero-order chi connectivity index (χ0) is 13.4. The van der Waals surface area contributed by atoms with E-state index in [1.807, 2.05) is 0 Å². The number of hydrogen-bond acceptors (Lipinski definition) is 3. The summed E-state index contributed by atoms with van der Waals surface area (Å²) >= 11 is 0. The van der Waals surface area contributed by atoms with Gasteiger partial charge in [0.1, 0.15) is 6.61 Å². The average molecular weight is 271 g/mol. The highest BCUT2D eigenvalue weighted by Crippen LogP contribution is 2.20. The van der Waals surface area contributed by atoms with Crippen LogP contribution in [0.5, 0.6) is 0 Å². The van der Waals surface area contributed by atoms with Crippen LogP contribution in [0, 0.1) is 17.8 Å². The maximum Gasteiger partial charge on any atom is 0.235 e. The van der Waals surface area contributed by atoms with Crippen molar-refractivity contribution in [2.24, 2.45) is 5.92 Å². The molecule has 1 heterocycles. The minimum Gasteiger partial charge on any atom is -0.368 e. The van der Waals surface area contributed by atoms with Crippen molar-refractivity contribution in [1.82, 2.24) is 4.31 Å². The third-order valence-corrected chi connectivity index (χ3v) is 4.65. The summed E-state index contributed by atoms with van der Waals surface area (Å²) in [6.45, 7) is 5.81. The Labute approximate surface area is 110 Å². The van der Waals surface area contributed by atoms with Gasteiger partial charge in [0.15, 0.2) is 0 Å². The fraction of sp³-hybridized carbons (Fsp3) is 0.692. The Bertz CT molecular complexity index is 423. The standard InChI is InChI=1S/C13H21NO3S/c1-3-5-10-17-12-13-6-8-14(9-7-13)18(15,16)11-4-2/h4,11,13H,6-10,12H2,1-2H3/b11-4+. The quantitative estimate of drug-likeness (QED) is 0.563. The molecule has 0 bridgehead atoms. The van der Waals surface area contributed by atoms with E-state index in [0.29, 0.717) is 32.2 Å². The van der Waals surface area contributed by atoms with Gasteiger partial charge in [-0.25, -0.2) is 8.42 Å². The summed E-state index contributed by atoms with van der Waals surface area (Å²) in [6, 6.07) is 0. The lowest BCUT2D eigenvalue weighted by Crippen LogP contribution is -2.38. The first-order chi connectivity index (χ1) is 8.60. The third kappa shape index (κ3) is 4.81. The second-order valence-electron chi connectivity index (χ2n) is 4.30. The second-order valence-corrected chi connectivity index (χ2v) is 6.12. The molecule has 0 aromatic carbocycles. The van der Waals surface area contributed by atoms with Crippen molar-refractivity contribution in [1.29, 1.82) is 0 Å². The lowest BCUT2D eigenvalue weighted by molar-refractivity contribution is 0.101. The number of ether oxygens (including phenoxy) is 1. The zero-order valence-corrected chi connectivity index (χ0v) is 11.9. The van der Waals surface area contributed by atoms with E-state index in [2.05, 4.69) is 11.8 Å². The Balaban J connectivity index is 2.34. The monoisotopic (exact) mass is 271 g/mol. The van der Waals surface area contributed by atoms with Crippen molar-refractivity contribution < 1.29 is 13.2 Å². The van der Waals surface area contributed by atoms with E-state index in [1.54, 1.807) is 19.9 Å². The van der Waals surface area contributed by atoms with E-state index >= 15 is 0 Å². The zero-order valence-electron chi connectivity index (χ0n) is 11.1. The number of nitrogens with zero attached hydrogens (tertiary/aromatic N) is 1. The first-order valence-electron chi connectivity index (χ1n) is 6.20. The predicted molar refractivity (Wildman–Crippen MR) is 72.3 cm³/mol. The van der Waals surface area contributed by atoms with E-state index < -0.39 is 10.0 Å². The van der Waals surface area contributed by atoms with Crippen molar-refractivity contribution >= 4 is 10.0 Å². The van der Waals surface area contributed by atoms with Crippen molar-refractivity contribution in [2.75, 3.05) is 26.3 Å². The number of piperidine rings is 1. The predicted octanol–water partition coefficient (Wildman–Crippen LogP) is 1.60. The van der Waals surface area contributed by atoms with Crippen molar-refractivity contribution in [2.45, 2.75) is 26.7 Å². The Morgan fingerprint density at radius 1 is 1.39 bits per heavy atom. The van der Waals surface area contributed by atoms with Crippen molar-refractivity contribution in [3.8, 4) is 11.8 Å². The Hall–Kier alpha value is -0.830. The Kier molecular flexibility index (Phi) is 6.41. The van der Waals surface area contributed by atoms with Crippen LogP contribution in [-0.2, 0) is 14.8 Å². The van der Waals surface area contributed by atoms with E-state index in [-0.39, 0.29) is 0 Å². The average Bonchev–Trinajstić information content (AvgIpc) is 2.35. The van der Waals surface area contributed by atoms with Crippen LogP contribution in [-0.4, -0.2) is 39.0 Å². The van der Waals surface area contributed by atoms with Gasteiger partial charge < -0.3 is 4.74 Å². The summed E-state index contributed by atoms with van der Waals surface area (Å²) in [7, 11) is -3.20. The lowest BCUT2D eigenvalue weighted by atomic mass is 9.99. The molecule has 0 aliphatic carbocycles. The number of hydrogen-bond donors (Lipinski definition) is 0. The molecule has 1 fully saturated rings. The van der Waals surface area contributed by atoms with Gasteiger partial charge in [-0.05, 0) is 32.6 Å². The van der Waals surface area contributed by atoms with Crippen LogP contribution >= 0.6 is 0 Å². The third-order valence-electron chi connectivity index (χ3n) is 2.95. The molecule has 0 aromatic heterocycles. The summed E-state index contributed by atoms with van der Waals surface area (Å²) in [5, 5.41) is 1.26. The summed E-state index contributed by atoms with van der Waals surface area (Å²) in [4.78, 5) is 0. The van der Waals surface area contributed by atoms with Gasteiger partial charge in [0.05, 0.1) is 6.61 Å². The van der Waals surface area contributed by atoms with Crippen LogP contribution in [0.4, 0.5) is 0 Å². The SMILES string of the molecule is CC#CCOCC1CCN(S(=O)(=O)/C=C/C)CC1. The van der Waals surface area contributed by atoms with Crippen LogP contribution in [0.25, 0.3) is 0 Å². The molecular weight excluding hydrogens is 250 g/mol. The lowest BCUT2D eigenvalue weighted by Gasteiger charge is -2.29. The molecule has 0 spiro atoms. The number of allylic oxidation sites excluding steroid dienone is 1. The van der Waals surface area contributed by atoms with Gasteiger partial charge in [0, 0.05) is 18.5 Å². The van der Waals surface area contributed by atoms with Crippen molar-refractivity contribution in [3.05, 3.63) is 11.5 Å². The molecule has 0 saturated carbocycles. The first kappa shape index (κ1) is 15.2. The van der Waals surface area contributed by atoms with Gasteiger partial charge in [-0.2, -0.15) is 4.31 Å². The molecule has 0 unspecified atom stereocenters. The molecule has 4 nitrogen and oxygen atoms in total. The van der Waals surface area contributed by atoms with Gasteiger partial charge in [0.25, 0.3) is 0 Å². The smallest absolute Gasteiger partial charge is 0.235 e. The van der Waals surface area contributed by atoms with Crippen molar-refractivity contribution in [3.63, 3.8) is 0 Å². The summed E-state index contributed by atoms with van der Waals surface area (Å²) < 4.78 is 30.5. The molecule has 0 atom stereocenters. The van der Waals surface area contributed by atoms with E-state index in [0.717, 1.165) is 12.8 Å². The van der Waals surface area contributed by atoms with E-state index in [1.165, 1.54) is 9.71 Å². The van der Waals surface area contributed by atoms with Gasteiger partial charge in [-0.1, -0.05) is 12.0 Å². The topological polar surface area (TPSA) is 46.6 Å². The fourth-order valence-electron chi connectivity index (χ4n) is 1.94. The van der Waals surface area contributed by atoms with E-state index in [9.17, 15) is 8.42 Å². The molecule has 1 aliphatic rings. The maximum atomic E-state index is 11.8.